The second-order valence-electron chi connectivity index (χ2n) is 9.06. The summed E-state index contributed by atoms with van der Waals surface area (Å²) in [6.07, 6.45) is 3.46. The first-order valence-corrected chi connectivity index (χ1v) is 11.4. The standard InChI is InChI=1S/C25H27FN6O2/c1-14-6-5-7-34-24-18(12-27-31(24)4)20-10-17(9-16(3)28-20)23(33)30-25-29-21-11-19(26)15(2)8-22(21)32(25)13-14/h8-12,14H,5-7,13H2,1-4H3,(H,29,30,33)/t14-/m1/s1. The minimum atomic E-state index is -0.405. The van der Waals surface area contributed by atoms with E-state index in [-0.39, 0.29) is 11.7 Å². The van der Waals surface area contributed by atoms with Crippen LogP contribution in [0.25, 0.3) is 11.3 Å². The van der Waals surface area contributed by atoms with Crippen molar-refractivity contribution in [1.29, 1.82) is 0 Å². The van der Waals surface area contributed by atoms with Crippen molar-refractivity contribution in [2.24, 2.45) is 18.0 Å². The predicted molar refractivity (Wildman–Crippen MR) is 129 cm³/mol. The Hall–Kier alpha value is -3.75. The first kappa shape index (κ1) is 22.1. The summed E-state index contributed by atoms with van der Waals surface area (Å²) in [6, 6.07) is 6.68. The van der Waals surface area contributed by atoms with Crippen LogP contribution in [0, 0.1) is 25.6 Å². The second-order valence-corrected chi connectivity index (χ2v) is 9.06. The molecule has 0 saturated heterocycles. The number of hydrogen-bond acceptors (Lipinski definition) is 6. The van der Waals surface area contributed by atoms with Gasteiger partial charge in [0, 0.05) is 24.8 Å². The predicted octanol–water partition coefficient (Wildman–Crippen LogP) is 4.48. The number of carbonyl (C=O) groups is 1. The fourth-order valence-corrected chi connectivity index (χ4v) is 4.43. The van der Waals surface area contributed by atoms with Crippen molar-refractivity contribution in [3.05, 3.63) is 53.1 Å². The van der Waals surface area contributed by atoms with E-state index < -0.39 is 5.91 Å². The van der Waals surface area contributed by atoms with Gasteiger partial charge in [0.1, 0.15) is 5.82 Å². The van der Waals surface area contributed by atoms with Gasteiger partial charge in [0.05, 0.1) is 35.4 Å². The summed E-state index contributed by atoms with van der Waals surface area (Å²) in [5.74, 6) is 0.606. The lowest BCUT2D eigenvalue weighted by Gasteiger charge is -2.23. The molecule has 0 spiro atoms. The van der Waals surface area contributed by atoms with Crippen LogP contribution in [0.2, 0.25) is 0 Å². The number of aryl methyl sites for hydroxylation is 3. The van der Waals surface area contributed by atoms with Crippen LogP contribution < -0.4 is 15.0 Å². The van der Waals surface area contributed by atoms with Gasteiger partial charge in [0.2, 0.25) is 11.8 Å². The molecule has 1 atom stereocenters. The molecule has 0 unspecified atom stereocenters. The Morgan fingerprint density at radius 2 is 2.03 bits per heavy atom. The number of carbonyl (C=O) groups excluding carboxylic acids is 1. The SMILES string of the molecule is Cc1cc2cc(n1)-c1cnn(C)c1OCCC[C@@H](C)CN1/C(=N/C2=O)Nc2cc(F)c(C)cc21. The number of pyridine rings is 1. The molecular formula is C25H27FN6O2. The molecule has 1 amide bonds. The summed E-state index contributed by atoms with van der Waals surface area (Å²) in [7, 11) is 1.83. The van der Waals surface area contributed by atoms with Crippen LogP contribution in [0.15, 0.2) is 35.5 Å². The molecule has 1 aromatic carbocycles. The summed E-state index contributed by atoms with van der Waals surface area (Å²) in [6.45, 7) is 6.89. The first-order chi connectivity index (χ1) is 16.3. The van der Waals surface area contributed by atoms with Crippen molar-refractivity contribution < 1.29 is 13.9 Å². The van der Waals surface area contributed by atoms with E-state index >= 15 is 0 Å². The monoisotopic (exact) mass is 462 g/mol. The number of anilines is 2. The molecule has 0 radical (unpaired) electrons. The topological polar surface area (TPSA) is 84.6 Å². The number of fused-ring (bicyclic) bond motifs is 7. The van der Waals surface area contributed by atoms with Gasteiger partial charge in [-0.2, -0.15) is 10.1 Å². The highest BCUT2D eigenvalue weighted by atomic mass is 19.1. The van der Waals surface area contributed by atoms with Gasteiger partial charge in [0.15, 0.2) is 0 Å². The first-order valence-electron chi connectivity index (χ1n) is 11.4. The average Bonchev–Trinajstić information content (AvgIpc) is 3.30. The number of rotatable bonds is 0. The van der Waals surface area contributed by atoms with E-state index in [0.717, 1.165) is 24.1 Å². The molecule has 2 aliphatic rings. The quantitative estimate of drug-likeness (QED) is 0.531. The van der Waals surface area contributed by atoms with Gasteiger partial charge in [-0.3, -0.25) is 9.78 Å². The smallest absolute Gasteiger partial charge is 0.280 e. The molecule has 0 saturated carbocycles. The molecule has 3 aromatic rings. The average molecular weight is 463 g/mol. The normalized spacial score (nSPS) is 19.6. The van der Waals surface area contributed by atoms with E-state index in [0.29, 0.717) is 53.2 Å². The highest BCUT2D eigenvalue weighted by Crippen LogP contribution is 2.36. The Kier molecular flexibility index (Phi) is 5.55. The van der Waals surface area contributed by atoms with Gasteiger partial charge in [-0.25, -0.2) is 9.07 Å². The molecule has 0 aliphatic carbocycles. The maximum atomic E-state index is 14.2. The number of nitrogens with one attached hydrogen (secondary N) is 1. The number of amides is 1. The molecule has 2 bridgehead atoms. The fraction of sp³-hybridized carbons (Fsp3) is 0.360. The number of hydrogen-bond donors (Lipinski definition) is 1. The van der Waals surface area contributed by atoms with Crippen molar-refractivity contribution >= 4 is 23.2 Å². The van der Waals surface area contributed by atoms with E-state index in [4.69, 9.17) is 4.74 Å². The number of nitrogens with zero attached hydrogens (tertiary/aromatic N) is 5. The molecule has 1 N–H and O–H groups in total. The van der Waals surface area contributed by atoms with E-state index in [9.17, 15) is 9.18 Å². The van der Waals surface area contributed by atoms with Gasteiger partial charge in [-0.1, -0.05) is 6.92 Å². The summed E-state index contributed by atoms with van der Waals surface area (Å²) >= 11 is 0. The van der Waals surface area contributed by atoms with Crippen LogP contribution in [0.5, 0.6) is 5.88 Å². The van der Waals surface area contributed by atoms with Gasteiger partial charge >= 0.3 is 0 Å². The Morgan fingerprint density at radius 3 is 2.85 bits per heavy atom. The molecule has 176 valence electrons. The maximum absolute atomic E-state index is 14.2. The third-order valence-corrected chi connectivity index (χ3v) is 6.21. The number of aromatic nitrogens is 3. The lowest BCUT2D eigenvalue weighted by Crippen LogP contribution is -2.35. The van der Waals surface area contributed by atoms with Crippen molar-refractivity contribution in [1.82, 2.24) is 14.8 Å². The molecule has 5 rings (SSSR count). The Bertz CT molecular complexity index is 1310. The number of halogens is 1. The zero-order valence-electron chi connectivity index (χ0n) is 19.7. The minimum absolute atomic E-state index is 0.281. The Morgan fingerprint density at radius 1 is 1.21 bits per heavy atom. The Balaban J connectivity index is 1.61. The number of benzene rings is 1. The third-order valence-electron chi connectivity index (χ3n) is 6.21. The zero-order chi connectivity index (χ0) is 24.0. The molecule has 2 aliphatic heterocycles. The van der Waals surface area contributed by atoms with Crippen LogP contribution in [0.1, 0.15) is 41.4 Å². The zero-order valence-corrected chi connectivity index (χ0v) is 19.7. The van der Waals surface area contributed by atoms with Crippen LogP contribution in [-0.4, -0.2) is 39.8 Å². The van der Waals surface area contributed by atoms with E-state index in [2.05, 4.69) is 27.3 Å². The van der Waals surface area contributed by atoms with Gasteiger partial charge in [0.25, 0.3) is 5.91 Å². The van der Waals surface area contributed by atoms with E-state index in [1.54, 1.807) is 36.0 Å². The number of guanidine groups is 1. The maximum Gasteiger partial charge on any atom is 0.280 e. The molecular weight excluding hydrogens is 435 g/mol. The largest absolute Gasteiger partial charge is 0.477 e. The molecule has 4 heterocycles. The van der Waals surface area contributed by atoms with Crippen molar-refractivity contribution in [2.45, 2.75) is 33.6 Å². The minimum Gasteiger partial charge on any atom is -0.477 e. The van der Waals surface area contributed by atoms with Gasteiger partial charge in [-0.15, -0.1) is 0 Å². The van der Waals surface area contributed by atoms with E-state index in [1.165, 1.54) is 6.07 Å². The lowest BCUT2D eigenvalue weighted by molar-refractivity contribution is 0.100. The summed E-state index contributed by atoms with van der Waals surface area (Å²) in [5, 5.41) is 7.48. The van der Waals surface area contributed by atoms with Crippen LogP contribution in [-0.2, 0) is 7.05 Å². The second kappa shape index (κ2) is 8.55. The molecule has 34 heavy (non-hydrogen) atoms. The highest BCUT2D eigenvalue weighted by molar-refractivity contribution is 6.19. The van der Waals surface area contributed by atoms with Gasteiger partial charge in [-0.05, 0) is 62.4 Å². The third kappa shape index (κ3) is 4.02. The summed E-state index contributed by atoms with van der Waals surface area (Å²) in [5.41, 5.74) is 4.41. The van der Waals surface area contributed by atoms with E-state index in [1.807, 2.05) is 18.9 Å². The summed E-state index contributed by atoms with van der Waals surface area (Å²) < 4.78 is 22.0. The Labute approximate surface area is 197 Å². The highest BCUT2D eigenvalue weighted by Gasteiger charge is 2.29. The van der Waals surface area contributed by atoms with Crippen molar-refractivity contribution in [3.63, 3.8) is 0 Å². The number of aliphatic imine (C=N–C) groups is 1. The summed E-state index contributed by atoms with van der Waals surface area (Å²) in [4.78, 5) is 24.3. The lowest BCUT2D eigenvalue weighted by atomic mass is 10.0. The van der Waals surface area contributed by atoms with Crippen molar-refractivity contribution in [2.75, 3.05) is 23.4 Å². The fourth-order valence-electron chi connectivity index (χ4n) is 4.43. The van der Waals surface area contributed by atoms with Crippen LogP contribution in [0.4, 0.5) is 15.8 Å². The van der Waals surface area contributed by atoms with Crippen LogP contribution in [0.3, 0.4) is 0 Å². The molecule has 9 heteroatoms. The van der Waals surface area contributed by atoms with Crippen molar-refractivity contribution in [3.8, 4) is 17.1 Å². The molecule has 8 nitrogen and oxygen atoms in total. The van der Waals surface area contributed by atoms with Crippen LogP contribution >= 0.6 is 0 Å². The van der Waals surface area contributed by atoms with Gasteiger partial charge < -0.3 is 15.0 Å². The number of ether oxygens (including phenoxy) is 1. The molecule has 2 aromatic heterocycles. The molecule has 0 fully saturated rings.